The topological polar surface area (TPSA) is 97.1 Å². The molecule has 4 aromatic rings. The van der Waals surface area contributed by atoms with Gasteiger partial charge in [0, 0.05) is 5.38 Å². The van der Waals surface area contributed by atoms with Gasteiger partial charge in [-0.15, -0.1) is 11.3 Å². The van der Waals surface area contributed by atoms with Crippen molar-refractivity contribution in [2.24, 2.45) is 0 Å². The van der Waals surface area contributed by atoms with Crippen molar-refractivity contribution in [3.8, 4) is 0 Å². The van der Waals surface area contributed by atoms with Crippen LogP contribution in [0.25, 0.3) is 10.2 Å². The molecule has 0 radical (unpaired) electrons. The number of aromatic nitrogens is 2. The van der Waals surface area contributed by atoms with Gasteiger partial charge < -0.3 is 9.73 Å². The Morgan fingerprint density at radius 2 is 1.96 bits per heavy atom. The number of aryl methyl sites for hydroxylation is 2. The maximum Gasteiger partial charge on any atom is 0.260 e. The van der Waals surface area contributed by atoms with Crippen LogP contribution >= 0.6 is 22.7 Å². The molecule has 0 aliphatic heterocycles. The highest BCUT2D eigenvalue weighted by Gasteiger charge is 2.15. The summed E-state index contributed by atoms with van der Waals surface area (Å²) < 4.78 is 6.16. The lowest BCUT2D eigenvalue weighted by Gasteiger charge is -2.00. The molecule has 0 atom stereocenters. The first-order valence-electron chi connectivity index (χ1n) is 8.45. The van der Waals surface area contributed by atoms with Gasteiger partial charge in [-0.1, -0.05) is 17.4 Å². The van der Waals surface area contributed by atoms with E-state index in [1.807, 2.05) is 25.1 Å². The van der Waals surface area contributed by atoms with Gasteiger partial charge in [-0.05, 0) is 37.6 Å². The summed E-state index contributed by atoms with van der Waals surface area (Å²) in [5.74, 6) is 0.0469. The molecule has 3 aromatic heterocycles. The van der Waals surface area contributed by atoms with Crippen molar-refractivity contribution in [1.29, 1.82) is 0 Å². The Hall–Kier alpha value is -3.04. The second-order valence-electron chi connectivity index (χ2n) is 6.20. The first kappa shape index (κ1) is 18.3. The minimum Gasteiger partial charge on any atom is -0.469 e. The van der Waals surface area contributed by atoms with Crippen molar-refractivity contribution >= 4 is 55.0 Å². The molecule has 28 heavy (non-hydrogen) atoms. The molecule has 0 saturated heterocycles. The molecular weight excluding hydrogens is 396 g/mol. The van der Waals surface area contributed by atoms with Crippen LogP contribution in [-0.4, -0.2) is 21.8 Å². The molecule has 7 nitrogen and oxygen atoms in total. The average Bonchev–Trinajstić information content (AvgIpc) is 3.34. The summed E-state index contributed by atoms with van der Waals surface area (Å²) in [6, 6.07) is 7.57. The Morgan fingerprint density at radius 3 is 2.75 bits per heavy atom. The third-order valence-corrected chi connectivity index (χ3v) is 5.75. The molecule has 9 heteroatoms. The van der Waals surface area contributed by atoms with Crippen LogP contribution in [0.4, 0.5) is 10.3 Å². The SMILES string of the molecule is Cc1ccc2nc(NC(=O)Cc3csc(NC(=O)c4ccoc4C)n3)sc2c1. The summed E-state index contributed by atoms with van der Waals surface area (Å²) in [6.45, 7) is 3.74. The Morgan fingerprint density at radius 1 is 1.11 bits per heavy atom. The second-order valence-corrected chi connectivity index (χ2v) is 8.09. The molecule has 3 heterocycles. The number of carbonyl (C=O) groups is 2. The number of fused-ring (bicyclic) bond motifs is 1. The fraction of sp³-hybridized carbons (Fsp3) is 0.158. The molecule has 4 rings (SSSR count). The highest BCUT2D eigenvalue weighted by molar-refractivity contribution is 7.22. The summed E-state index contributed by atoms with van der Waals surface area (Å²) in [5.41, 5.74) is 3.05. The number of benzene rings is 1. The summed E-state index contributed by atoms with van der Waals surface area (Å²) in [4.78, 5) is 33.2. The first-order chi connectivity index (χ1) is 13.5. The highest BCUT2D eigenvalue weighted by atomic mass is 32.1. The van der Waals surface area contributed by atoms with Gasteiger partial charge in [0.15, 0.2) is 10.3 Å². The lowest BCUT2D eigenvalue weighted by Crippen LogP contribution is -2.15. The number of carbonyl (C=O) groups excluding carboxylic acids is 2. The van der Waals surface area contributed by atoms with Crippen LogP contribution in [0.15, 0.2) is 40.3 Å². The number of furan rings is 1. The van der Waals surface area contributed by atoms with Crippen LogP contribution < -0.4 is 10.6 Å². The number of nitrogens with zero attached hydrogens (tertiary/aromatic N) is 2. The van der Waals surface area contributed by atoms with E-state index in [0.29, 0.717) is 27.3 Å². The number of amides is 2. The maximum absolute atomic E-state index is 12.3. The molecule has 2 amide bonds. The normalized spacial score (nSPS) is 10.9. The van der Waals surface area contributed by atoms with E-state index in [2.05, 4.69) is 20.6 Å². The van der Waals surface area contributed by atoms with Gasteiger partial charge >= 0.3 is 0 Å². The van der Waals surface area contributed by atoms with Gasteiger partial charge in [-0.25, -0.2) is 9.97 Å². The molecule has 0 fully saturated rings. The second kappa shape index (κ2) is 7.53. The smallest absolute Gasteiger partial charge is 0.260 e. The van der Waals surface area contributed by atoms with Crippen molar-refractivity contribution in [3.63, 3.8) is 0 Å². The van der Waals surface area contributed by atoms with Gasteiger partial charge in [0.05, 0.1) is 34.2 Å². The molecule has 142 valence electrons. The molecule has 0 aliphatic rings. The van der Waals surface area contributed by atoms with Gasteiger partial charge in [0.25, 0.3) is 5.91 Å². The zero-order valence-corrected chi connectivity index (χ0v) is 16.7. The van der Waals surface area contributed by atoms with E-state index in [-0.39, 0.29) is 18.2 Å². The first-order valence-corrected chi connectivity index (χ1v) is 10.1. The maximum atomic E-state index is 12.3. The third kappa shape index (κ3) is 3.95. The molecule has 0 saturated carbocycles. The number of hydrogen-bond acceptors (Lipinski definition) is 7. The number of anilines is 2. The van der Waals surface area contributed by atoms with Gasteiger partial charge in [0.1, 0.15) is 5.76 Å². The fourth-order valence-corrected chi connectivity index (χ4v) is 4.33. The van der Waals surface area contributed by atoms with E-state index in [9.17, 15) is 9.59 Å². The van der Waals surface area contributed by atoms with Crippen molar-refractivity contribution in [2.75, 3.05) is 10.6 Å². The summed E-state index contributed by atoms with van der Waals surface area (Å²) >= 11 is 2.71. The Balaban J connectivity index is 1.38. The highest BCUT2D eigenvalue weighted by Crippen LogP contribution is 2.27. The largest absolute Gasteiger partial charge is 0.469 e. The average molecular weight is 412 g/mol. The summed E-state index contributed by atoms with van der Waals surface area (Å²) in [7, 11) is 0. The molecule has 0 spiro atoms. The van der Waals surface area contributed by atoms with E-state index in [1.54, 1.807) is 18.4 Å². The minimum atomic E-state index is -0.290. The van der Waals surface area contributed by atoms with Crippen molar-refractivity contribution in [2.45, 2.75) is 20.3 Å². The monoisotopic (exact) mass is 412 g/mol. The van der Waals surface area contributed by atoms with E-state index in [0.717, 1.165) is 15.8 Å². The Kier molecular flexibility index (Phi) is 4.93. The zero-order valence-electron chi connectivity index (χ0n) is 15.1. The van der Waals surface area contributed by atoms with Gasteiger partial charge in [-0.3, -0.25) is 14.9 Å². The zero-order chi connectivity index (χ0) is 19.7. The van der Waals surface area contributed by atoms with Crippen LogP contribution in [0.1, 0.15) is 27.4 Å². The standard InChI is InChI=1S/C19H16N4O3S2/c1-10-3-4-14-15(7-10)28-19(21-14)22-16(24)8-12-9-27-18(20-12)23-17(25)13-5-6-26-11(13)2/h3-7,9H,8H2,1-2H3,(H,20,23,25)(H,21,22,24). The predicted molar refractivity (Wildman–Crippen MR) is 110 cm³/mol. The number of nitrogens with one attached hydrogen (secondary N) is 2. The summed E-state index contributed by atoms with van der Waals surface area (Å²) in [6.07, 6.45) is 1.57. The third-order valence-electron chi connectivity index (χ3n) is 4.01. The van der Waals surface area contributed by atoms with Gasteiger partial charge in [0.2, 0.25) is 5.91 Å². The predicted octanol–water partition coefficient (Wildman–Crippen LogP) is 4.40. The van der Waals surface area contributed by atoms with Crippen LogP contribution in [0, 0.1) is 13.8 Å². The van der Waals surface area contributed by atoms with Crippen LogP contribution in [-0.2, 0) is 11.2 Å². The van der Waals surface area contributed by atoms with E-state index in [1.165, 1.54) is 28.9 Å². The van der Waals surface area contributed by atoms with Crippen molar-refractivity contribution in [1.82, 2.24) is 9.97 Å². The van der Waals surface area contributed by atoms with Crippen LogP contribution in [0.3, 0.4) is 0 Å². The van der Waals surface area contributed by atoms with Crippen molar-refractivity contribution in [3.05, 3.63) is 58.5 Å². The molecule has 0 aliphatic carbocycles. The molecule has 2 N–H and O–H groups in total. The minimum absolute atomic E-state index is 0.103. The summed E-state index contributed by atoms with van der Waals surface area (Å²) in [5, 5.41) is 8.27. The molecule has 0 unspecified atom stereocenters. The van der Waals surface area contributed by atoms with Crippen molar-refractivity contribution < 1.29 is 14.0 Å². The molecule has 0 bridgehead atoms. The number of rotatable bonds is 5. The molecule has 1 aromatic carbocycles. The van der Waals surface area contributed by atoms with Crippen LogP contribution in [0.5, 0.6) is 0 Å². The lowest BCUT2D eigenvalue weighted by atomic mass is 10.2. The van der Waals surface area contributed by atoms with E-state index in [4.69, 9.17) is 4.42 Å². The lowest BCUT2D eigenvalue weighted by molar-refractivity contribution is -0.115. The Labute approximate surface area is 168 Å². The van der Waals surface area contributed by atoms with E-state index >= 15 is 0 Å². The van der Waals surface area contributed by atoms with Crippen LogP contribution in [0.2, 0.25) is 0 Å². The molecular formula is C19H16N4O3S2. The number of thiazole rings is 2. The van der Waals surface area contributed by atoms with E-state index < -0.39 is 0 Å². The fourth-order valence-electron chi connectivity index (χ4n) is 2.64. The van der Waals surface area contributed by atoms with Gasteiger partial charge in [-0.2, -0.15) is 0 Å². The Bertz CT molecular complexity index is 1170. The quantitative estimate of drug-likeness (QED) is 0.506. The number of hydrogen-bond donors (Lipinski definition) is 2.